The lowest BCUT2D eigenvalue weighted by atomic mass is 9.51. The predicted octanol–water partition coefficient (Wildman–Crippen LogP) is 4.94. The Morgan fingerprint density at radius 3 is 2.68 bits per heavy atom. The van der Waals surface area contributed by atoms with Gasteiger partial charge < -0.3 is 14.3 Å². The number of ether oxygens (including phenoxy) is 1. The molecule has 4 heteroatoms. The van der Waals surface area contributed by atoms with Gasteiger partial charge in [0.1, 0.15) is 11.3 Å². The minimum atomic E-state index is -0.353. The molecular formula is C24H30O4. The number of fused-ring (bicyclic) bond motifs is 2. The first-order valence-corrected chi connectivity index (χ1v) is 10.2. The fourth-order valence-corrected chi connectivity index (χ4v) is 5.32. The number of allylic oxidation sites excluding steroid dienone is 1. The maximum Gasteiger partial charge on any atom is 0.336 e. The van der Waals surface area contributed by atoms with Gasteiger partial charge in [-0.1, -0.05) is 32.4 Å². The summed E-state index contributed by atoms with van der Waals surface area (Å²) < 4.78 is 11.5. The molecule has 1 aromatic heterocycles. The van der Waals surface area contributed by atoms with E-state index in [0.29, 0.717) is 29.8 Å². The molecule has 0 amide bonds. The molecule has 2 aromatic rings. The summed E-state index contributed by atoms with van der Waals surface area (Å²) in [5.74, 6) is 1.64. The van der Waals surface area contributed by atoms with E-state index < -0.39 is 0 Å². The maximum absolute atomic E-state index is 11.5. The van der Waals surface area contributed by atoms with E-state index in [1.54, 1.807) is 12.1 Å². The Bertz CT molecular complexity index is 970. The van der Waals surface area contributed by atoms with Crippen LogP contribution < -0.4 is 10.4 Å². The van der Waals surface area contributed by atoms with E-state index in [-0.39, 0.29) is 22.6 Å². The van der Waals surface area contributed by atoms with Crippen LogP contribution in [0.4, 0.5) is 0 Å². The third-order valence-electron chi connectivity index (χ3n) is 7.58. The van der Waals surface area contributed by atoms with Gasteiger partial charge >= 0.3 is 5.63 Å². The van der Waals surface area contributed by atoms with Crippen molar-refractivity contribution in [2.75, 3.05) is 6.61 Å². The third kappa shape index (κ3) is 3.08. The Morgan fingerprint density at radius 1 is 1.14 bits per heavy atom. The van der Waals surface area contributed by atoms with Crippen LogP contribution in [0.3, 0.4) is 0 Å². The Kier molecular flexibility index (Phi) is 4.65. The molecule has 150 valence electrons. The molecular weight excluding hydrogens is 352 g/mol. The quantitative estimate of drug-likeness (QED) is 0.603. The SMILES string of the molecule is CC1=CC[C@H]2[C@@H](CC[C@@H](O)C2(C)C)[C@]1(C)COc1ccc2ccc(=O)oc2c1. The van der Waals surface area contributed by atoms with Crippen molar-refractivity contribution in [2.45, 2.75) is 53.1 Å². The largest absolute Gasteiger partial charge is 0.493 e. The second kappa shape index (κ2) is 6.77. The highest BCUT2D eigenvalue weighted by Crippen LogP contribution is 2.57. The number of rotatable bonds is 3. The fraction of sp³-hybridized carbons (Fsp3) is 0.542. The van der Waals surface area contributed by atoms with E-state index in [1.807, 2.05) is 12.1 Å². The van der Waals surface area contributed by atoms with Crippen LogP contribution in [0, 0.1) is 22.7 Å². The zero-order valence-corrected chi connectivity index (χ0v) is 17.2. The van der Waals surface area contributed by atoms with Crippen LogP contribution in [0.2, 0.25) is 0 Å². The summed E-state index contributed by atoms with van der Waals surface area (Å²) in [5, 5.41) is 11.4. The molecule has 0 aliphatic heterocycles. The van der Waals surface area contributed by atoms with E-state index in [0.717, 1.165) is 24.6 Å². The zero-order valence-electron chi connectivity index (χ0n) is 17.2. The molecule has 28 heavy (non-hydrogen) atoms. The van der Waals surface area contributed by atoms with Crippen molar-refractivity contribution >= 4 is 11.0 Å². The molecule has 4 nitrogen and oxygen atoms in total. The highest BCUT2D eigenvalue weighted by molar-refractivity contribution is 5.77. The standard InChI is InChI=1S/C24H30O4/c1-15-5-9-18-19(10-11-21(25)23(18,2)3)24(15,4)14-27-17-8-6-16-7-12-22(26)28-20(16)13-17/h5-8,12-13,18-19,21,25H,9-11,14H2,1-4H3/t18-,19+,21+,24+/m0/s1. The lowest BCUT2D eigenvalue weighted by molar-refractivity contribution is -0.0939. The van der Waals surface area contributed by atoms with Crippen molar-refractivity contribution < 1.29 is 14.3 Å². The van der Waals surface area contributed by atoms with Crippen LogP contribution in [-0.2, 0) is 0 Å². The molecule has 2 aliphatic carbocycles. The number of hydrogen-bond acceptors (Lipinski definition) is 4. The van der Waals surface area contributed by atoms with Crippen molar-refractivity contribution in [2.24, 2.45) is 22.7 Å². The molecule has 1 saturated carbocycles. The van der Waals surface area contributed by atoms with Crippen LogP contribution in [0.5, 0.6) is 5.75 Å². The topological polar surface area (TPSA) is 59.7 Å². The van der Waals surface area contributed by atoms with Crippen molar-refractivity contribution in [3.05, 3.63) is 52.4 Å². The minimum Gasteiger partial charge on any atom is -0.493 e. The minimum absolute atomic E-state index is 0.0766. The number of benzene rings is 1. The van der Waals surface area contributed by atoms with Gasteiger partial charge in [0, 0.05) is 22.9 Å². The van der Waals surface area contributed by atoms with E-state index in [2.05, 4.69) is 33.8 Å². The molecule has 0 bridgehead atoms. The van der Waals surface area contributed by atoms with E-state index >= 15 is 0 Å². The molecule has 0 unspecified atom stereocenters. The van der Waals surface area contributed by atoms with Gasteiger partial charge in [0.2, 0.25) is 0 Å². The van der Waals surface area contributed by atoms with Crippen LogP contribution in [0.15, 0.2) is 51.2 Å². The van der Waals surface area contributed by atoms with Crippen LogP contribution in [0.1, 0.15) is 47.0 Å². The second-order valence-electron chi connectivity index (χ2n) is 9.41. The fourth-order valence-electron chi connectivity index (χ4n) is 5.32. The first-order valence-electron chi connectivity index (χ1n) is 10.2. The Labute approximate surface area is 166 Å². The Balaban J connectivity index is 1.60. The maximum atomic E-state index is 11.5. The summed E-state index contributed by atoms with van der Waals surface area (Å²) in [6.45, 7) is 9.48. The van der Waals surface area contributed by atoms with Gasteiger partial charge in [-0.3, -0.25) is 0 Å². The first-order chi connectivity index (χ1) is 13.2. The van der Waals surface area contributed by atoms with E-state index in [4.69, 9.17) is 9.15 Å². The van der Waals surface area contributed by atoms with Gasteiger partial charge in [-0.05, 0) is 61.6 Å². The van der Waals surface area contributed by atoms with Gasteiger partial charge in [0.15, 0.2) is 0 Å². The van der Waals surface area contributed by atoms with Crippen molar-refractivity contribution in [3.8, 4) is 5.75 Å². The van der Waals surface area contributed by atoms with Crippen LogP contribution >= 0.6 is 0 Å². The predicted molar refractivity (Wildman–Crippen MR) is 110 cm³/mol. The number of hydrogen-bond donors (Lipinski definition) is 1. The molecule has 4 rings (SSSR count). The summed E-state index contributed by atoms with van der Waals surface area (Å²) in [6.07, 6.45) is 4.99. The van der Waals surface area contributed by atoms with Gasteiger partial charge in [0.05, 0.1) is 12.7 Å². The molecule has 1 N–H and O–H groups in total. The highest BCUT2D eigenvalue weighted by Gasteiger charge is 2.52. The average Bonchev–Trinajstić information content (AvgIpc) is 2.66. The molecule has 1 aromatic carbocycles. The number of aliphatic hydroxyl groups excluding tert-OH is 1. The third-order valence-corrected chi connectivity index (χ3v) is 7.58. The molecule has 1 fully saturated rings. The normalized spacial score (nSPS) is 31.9. The van der Waals surface area contributed by atoms with Gasteiger partial charge in [-0.15, -0.1) is 0 Å². The molecule has 0 spiro atoms. The Hall–Kier alpha value is -2.07. The number of aliphatic hydroxyl groups is 1. The molecule has 1 heterocycles. The lowest BCUT2D eigenvalue weighted by Gasteiger charge is -2.55. The molecule has 2 aliphatic rings. The van der Waals surface area contributed by atoms with Gasteiger partial charge in [0.25, 0.3) is 0 Å². The average molecular weight is 383 g/mol. The van der Waals surface area contributed by atoms with E-state index in [9.17, 15) is 9.90 Å². The van der Waals surface area contributed by atoms with Gasteiger partial charge in [-0.2, -0.15) is 0 Å². The van der Waals surface area contributed by atoms with Gasteiger partial charge in [-0.25, -0.2) is 4.79 Å². The molecule has 0 saturated heterocycles. The first kappa shape index (κ1) is 19.3. The lowest BCUT2D eigenvalue weighted by Crippen LogP contribution is -2.53. The zero-order chi connectivity index (χ0) is 20.1. The van der Waals surface area contributed by atoms with E-state index in [1.165, 1.54) is 11.6 Å². The highest BCUT2D eigenvalue weighted by atomic mass is 16.5. The summed E-state index contributed by atoms with van der Waals surface area (Å²) in [4.78, 5) is 11.5. The smallest absolute Gasteiger partial charge is 0.336 e. The van der Waals surface area contributed by atoms with Crippen LogP contribution in [-0.4, -0.2) is 17.8 Å². The summed E-state index contributed by atoms with van der Waals surface area (Å²) in [6, 6.07) is 8.84. The molecule has 4 atom stereocenters. The summed E-state index contributed by atoms with van der Waals surface area (Å²) in [7, 11) is 0. The monoisotopic (exact) mass is 382 g/mol. The second-order valence-corrected chi connectivity index (χ2v) is 9.41. The van der Waals surface area contributed by atoms with Crippen molar-refractivity contribution in [3.63, 3.8) is 0 Å². The van der Waals surface area contributed by atoms with Crippen molar-refractivity contribution in [1.82, 2.24) is 0 Å². The molecule has 0 radical (unpaired) electrons. The summed E-state index contributed by atoms with van der Waals surface area (Å²) in [5.41, 5.74) is 1.40. The van der Waals surface area contributed by atoms with Crippen LogP contribution in [0.25, 0.3) is 11.0 Å². The Morgan fingerprint density at radius 2 is 1.89 bits per heavy atom. The van der Waals surface area contributed by atoms with Crippen molar-refractivity contribution in [1.29, 1.82) is 0 Å². The summed E-state index contributed by atoms with van der Waals surface area (Å²) >= 11 is 0.